The zero-order chi connectivity index (χ0) is 22.3. The number of carbonyl (C=O) groups excluding carboxylic acids is 2. The van der Waals surface area contributed by atoms with Crippen LogP contribution in [0.4, 0.5) is 5.69 Å². The van der Waals surface area contributed by atoms with E-state index in [0.29, 0.717) is 18.8 Å². The number of rotatable bonds is 9. The Hall–Kier alpha value is -2.85. The van der Waals surface area contributed by atoms with Gasteiger partial charge in [0.2, 0.25) is 15.9 Å². The van der Waals surface area contributed by atoms with Gasteiger partial charge in [0.25, 0.3) is 5.91 Å². The number of hydrogen-bond acceptors (Lipinski definition) is 6. The Morgan fingerprint density at radius 3 is 2.30 bits per heavy atom. The van der Waals surface area contributed by atoms with E-state index in [0.717, 1.165) is 0 Å². The smallest absolute Gasteiger partial charge is 0.251 e. The molecule has 162 valence electrons. The number of benzene rings is 1. The van der Waals surface area contributed by atoms with Crippen molar-refractivity contribution < 1.29 is 18.0 Å². The van der Waals surface area contributed by atoms with Crippen LogP contribution < -0.4 is 10.6 Å². The highest BCUT2D eigenvalue weighted by atomic mass is 32.2. The van der Waals surface area contributed by atoms with Gasteiger partial charge in [-0.05, 0) is 24.1 Å². The van der Waals surface area contributed by atoms with Crippen molar-refractivity contribution in [2.24, 2.45) is 5.92 Å². The summed E-state index contributed by atoms with van der Waals surface area (Å²) in [6.45, 7) is 7.76. The van der Waals surface area contributed by atoms with Crippen LogP contribution in [-0.4, -0.2) is 53.6 Å². The average molecular weight is 434 g/mol. The van der Waals surface area contributed by atoms with Crippen molar-refractivity contribution in [3.63, 3.8) is 0 Å². The highest BCUT2D eigenvalue weighted by molar-refractivity contribution is 7.89. The van der Waals surface area contributed by atoms with E-state index < -0.39 is 27.9 Å². The second-order valence-electron chi connectivity index (χ2n) is 6.93. The number of aromatic nitrogens is 2. The van der Waals surface area contributed by atoms with E-state index in [1.807, 2.05) is 0 Å². The average Bonchev–Trinajstić information content (AvgIpc) is 2.73. The van der Waals surface area contributed by atoms with Crippen LogP contribution in [0, 0.1) is 5.92 Å². The summed E-state index contributed by atoms with van der Waals surface area (Å²) in [7, 11) is -3.70. The molecule has 0 bridgehead atoms. The number of hydrogen-bond donors (Lipinski definition) is 2. The molecule has 0 unspecified atom stereocenters. The first-order valence-corrected chi connectivity index (χ1v) is 11.1. The van der Waals surface area contributed by atoms with Gasteiger partial charge in [-0.25, -0.2) is 18.4 Å². The molecule has 0 saturated carbocycles. The first-order chi connectivity index (χ1) is 14.2. The lowest BCUT2D eigenvalue weighted by molar-refractivity contribution is -0.118. The van der Waals surface area contributed by atoms with Gasteiger partial charge in [-0.3, -0.25) is 9.59 Å². The van der Waals surface area contributed by atoms with Gasteiger partial charge in [-0.15, -0.1) is 0 Å². The van der Waals surface area contributed by atoms with Crippen LogP contribution in [-0.2, 0) is 14.8 Å². The molecule has 2 N–H and O–H groups in total. The normalized spacial score (nSPS) is 12.6. The fourth-order valence-electron chi connectivity index (χ4n) is 2.85. The minimum absolute atomic E-state index is 0.0332. The van der Waals surface area contributed by atoms with Crippen LogP contribution in [0.2, 0.25) is 0 Å². The molecule has 0 aliphatic heterocycles. The molecule has 1 aromatic heterocycles. The third-order valence-corrected chi connectivity index (χ3v) is 6.55. The molecule has 0 spiro atoms. The van der Waals surface area contributed by atoms with Crippen LogP contribution >= 0.6 is 0 Å². The van der Waals surface area contributed by atoms with Crippen molar-refractivity contribution in [2.75, 3.05) is 18.4 Å². The summed E-state index contributed by atoms with van der Waals surface area (Å²) in [5, 5.41) is 5.35. The monoisotopic (exact) mass is 433 g/mol. The molecule has 2 rings (SSSR count). The van der Waals surface area contributed by atoms with Crippen LogP contribution in [0.25, 0.3) is 0 Å². The van der Waals surface area contributed by atoms with E-state index in [4.69, 9.17) is 0 Å². The molecular weight excluding hydrogens is 406 g/mol. The lowest BCUT2D eigenvalue weighted by Crippen LogP contribution is -2.47. The van der Waals surface area contributed by atoms with Crippen molar-refractivity contribution in [2.45, 2.75) is 38.6 Å². The quantitative estimate of drug-likeness (QED) is 0.623. The molecule has 1 atom stereocenters. The summed E-state index contributed by atoms with van der Waals surface area (Å²) >= 11 is 0. The number of carbonyl (C=O) groups is 2. The molecule has 2 amide bonds. The van der Waals surface area contributed by atoms with Crippen molar-refractivity contribution >= 4 is 27.5 Å². The second kappa shape index (κ2) is 10.3. The van der Waals surface area contributed by atoms with Crippen molar-refractivity contribution in [1.29, 1.82) is 0 Å². The summed E-state index contributed by atoms with van der Waals surface area (Å²) in [5.41, 5.74) is 0.569. The summed E-state index contributed by atoms with van der Waals surface area (Å²) in [5.74, 6) is -1.16. The van der Waals surface area contributed by atoms with E-state index >= 15 is 0 Å². The fraction of sp³-hybridized carbons (Fsp3) is 0.400. The molecule has 0 saturated heterocycles. The van der Waals surface area contributed by atoms with Gasteiger partial charge >= 0.3 is 0 Å². The van der Waals surface area contributed by atoms with Gasteiger partial charge in [0.1, 0.15) is 12.4 Å². The Morgan fingerprint density at radius 2 is 1.73 bits per heavy atom. The predicted octanol–water partition coefficient (Wildman–Crippen LogP) is 1.90. The molecule has 2 aromatic rings. The molecule has 0 fully saturated rings. The second-order valence-corrected chi connectivity index (χ2v) is 8.87. The molecule has 10 heteroatoms. The third-order valence-electron chi connectivity index (χ3n) is 4.50. The summed E-state index contributed by atoms with van der Waals surface area (Å²) in [6, 6.07) is 4.96. The summed E-state index contributed by atoms with van der Waals surface area (Å²) in [6.07, 6.45) is 4.24. The Bertz CT molecular complexity index is 976. The molecule has 1 aromatic carbocycles. The molecule has 0 aliphatic carbocycles. The Labute approximate surface area is 177 Å². The van der Waals surface area contributed by atoms with Crippen LogP contribution in [0.1, 0.15) is 38.1 Å². The predicted molar refractivity (Wildman–Crippen MR) is 113 cm³/mol. The molecule has 9 nitrogen and oxygen atoms in total. The van der Waals surface area contributed by atoms with Crippen LogP contribution in [0.5, 0.6) is 0 Å². The summed E-state index contributed by atoms with van der Waals surface area (Å²) < 4.78 is 26.8. The minimum Gasteiger partial charge on any atom is -0.340 e. The van der Waals surface area contributed by atoms with Crippen LogP contribution in [0.15, 0.2) is 47.9 Å². The SMILES string of the molecule is CCN(CC)S(=O)(=O)c1cccc(C(=O)N[C@H](C(=O)Nc2cncnc2)C(C)C)c1. The maximum absolute atomic E-state index is 12.8. The van der Waals surface area contributed by atoms with Gasteiger partial charge < -0.3 is 10.6 Å². The molecule has 1 heterocycles. The van der Waals surface area contributed by atoms with E-state index in [9.17, 15) is 18.0 Å². The van der Waals surface area contributed by atoms with Gasteiger partial charge in [0, 0.05) is 18.7 Å². The number of sulfonamides is 1. The topological polar surface area (TPSA) is 121 Å². The molecule has 0 aliphatic rings. The van der Waals surface area contributed by atoms with E-state index in [-0.39, 0.29) is 16.4 Å². The highest BCUT2D eigenvalue weighted by Gasteiger charge is 2.26. The number of anilines is 1. The molecule has 0 radical (unpaired) electrons. The van der Waals surface area contributed by atoms with Crippen LogP contribution in [0.3, 0.4) is 0 Å². The zero-order valence-corrected chi connectivity index (χ0v) is 18.3. The molecule has 30 heavy (non-hydrogen) atoms. The summed E-state index contributed by atoms with van der Waals surface area (Å²) in [4.78, 5) is 33.1. The number of nitrogens with zero attached hydrogens (tertiary/aromatic N) is 3. The fourth-order valence-corrected chi connectivity index (χ4v) is 4.36. The third kappa shape index (κ3) is 5.61. The lowest BCUT2D eigenvalue weighted by atomic mass is 10.0. The molecular formula is C20H27N5O4S. The Morgan fingerprint density at radius 1 is 1.10 bits per heavy atom. The zero-order valence-electron chi connectivity index (χ0n) is 17.5. The first kappa shape index (κ1) is 23.4. The maximum Gasteiger partial charge on any atom is 0.251 e. The van der Waals surface area contributed by atoms with Crippen molar-refractivity contribution in [3.8, 4) is 0 Å². The maximum atomic E-state index is 12.8. The highest BCUT2D eigenvalue weighted by Crippen LogP contribution is 2.17. The lowest BCUT2D eigenvalue weighted by Gasteiger charge is -2.22. The van der Waals surface area contributed by atoms with E-state index in [1.54, 1.807) is 27.7 Å². The Kier molecular flexibility index (Phi) is 8.01. The van der Waals surface area contributed by atoms with Crippen molar-refractivity contribution in [1.82, 2.24) is 19.6 Å². The largest absolute Gasteiger partial charge is 0.340 e. The van der Waals surface area contributed by atoms with Gasteiger partial charge in [0.05, 0.1) is 23.0 Å². The number of amides is 2. The minimum atomic E-state index is -3.70. The van der Waals surface area contributed by atoms with Gasteiger partial charge in [-0.2, -0.15) is 4.31 Å². The number of nitrogens with one attached hydrogen (secondary N) is 2. The van der Waals surface area contributed by atoms with Crippen molar-refractivity contribution in [3.05, 3.63) is 48.5 Å². The van der Waals surface area contributed by atoms with E-state index in [2.05, 4.69) is 20.6 Å². The Balaban J connectivity index is 2.21. The van der Waals surface area contributed by atoms with Gasteiger partial charge in [0.15, 0.2) is 0 Å². The van der Waals surface area contributed by atoms with E-state index in [1.165, 1.54) is 47.3 Å². The first-order valence-electron chi connectivity index (χ1n) is 9.67. The standard InChI is InChI=1S/C20H27N5O4S/c1-5-25(6-2)30(28,29)17-9-7-8-15(10-17)19(26)24-18(14(3)4)20(27)23-16-11-21-13-22-12-16/h7-14,18H,5-6H2,1-4H3,(H,23,27)(H,24,26)/t18-/m0/s1. The van der Waals surface area contributed by atoms with Gasteiger partial charge in [-0.1, -0.05) is 33.8 Å².